The Morgan fingerprint density at radius 3 is 2.86 bits per heavy atom. The van der Waals surface area contributed by atoms with E-state index in [0.29, 0.717) is 31.4 Å². The van der Waals surface area contributed by atoms with Gasteiger partial charge in [0.15, 0.2) is 0 Å². The molecule has 5 nitrogen and oxygen atoms in total. The molecular formula is C23H26FN3O2. The van der Waals surface area contributed by atoms with Crippen molar-refractivity contribution in [2.24, 2.45) is 11.8 Å². The standard InChI is InChI=1S/C23H26FN3O2/c1-17(13-27-16-25-21-6-2-3-7-22(21)27)23(28)26-12-4-5-18(14-26)15-29-20-10-8-19(24)9-11-20/h2-3,6-11,16-18H,4-5,12-15H2,1H3. The van der Waals surface area contributed by atoms with Gasteiger partial charge in [0.05, 0.1) is 29.9 Å². The van der Waals surface area contributed by atoms with Crippen molar-refractivity contribution in [2.45, 2.75) is 26.3 Å². The molecule has 1 fully saturated rings. The summed E-state index contributed by atoms with van der Waals surface area (Å²) in [6, 6.07) is 14.0. The summed E-state index contributed by atoms with van der Waals surface area (Å²) in [5.41, 5.74) is 2.00. The van der Waals surface area contributed by atoms with Crippen molar-refractivity contribution in [2.75, 3.05) is 19.7 Å². The van der Waals surface area contributed by atoms with Crippen LogP contribution < -0.4 is 4.74 Å². The van der Waals surface area contributed by atoms with Crippen LogP contribution in [0, 0.1) is 17.7 Å². The predicted molar refractivity (Wildman–Crippen MR) is 110 cm³/mol. The van der Waals surface area contributed by atoms with Crippen molar-refractivity contribution in [1.82, 2.24) is 14.5 Å². The molecule has 4 rings (SSSR count). The minimum atomic E-state index is -0.272. The van der Waals surface area contributed by atoms with Gasteiger partial charge in [-0.25, -0.2) is 9.37 Å². The zero-order chi connectivity index (χ0) is 20.2. The predicted octanol–water partition coefficient (Wildman–Crippen LogP) is 4.13. The van der Waals surface area contributed by atoms with Gasteiger partial charge < -0.3 is 14.2 Å². The number of carbonyl (C=O) groups is 1. The molecule has 2 unspecified atom stereocenters. The lowest BCUT2D eigenvalue weighted by molar-refractivity contribution is -0.137. The molecule has 2 aromatic carbocycles. The second kappa shape index (κ2) is 8.64. The van der Waals surface area contributed by atoms with Gasteiger partial charge in [0.25, 0.3) is 0 Å². The summed E-state index contributed by atoms with van der Waals surface area (Å²) in [7, 11) is 0. The second-order valence-electron chi connectivity index (χ2n) is 7.84. The fourth-order valence-corrected chi connectivity index (χ4v) is 3.99. The van der Waals surface area contributed by atoms with Gasteiger partial charge in [-0.3, -0.25) is 4.79 Å². The summed E-state index contributed by atoms with van der Waals surface area (Å²) in [4.78, 5) is 19.4. The van der Waals surface area contributed by atoms with Crippen LogP contribution in [0.25, 0.3) is 11.0 Å². The van der Waals surface area contributed by atoms with Gasteiger partial charge in [0.1, 0.15) is 11.6 Å². The molecule has 152 valence electrons. The number of aromatic nitrogens is 2. The van der Waals surface area contributed by atoms with Crippen LogP contribution >= 0.6 is 0 Å². The molecule has 1 aromatic heterocycles. The number of rotatable bonds is 6. The summed E-state index contributed by atoms with van der Waals surface area (Å²) in [6.45, 7) is 4.63. The average molecular weight is 395 g/mol. The molecule has 1 aliphatic rings. The van der Waals surface area contributed by atoms with E-state index in [4.69, 9.17) is 4.74 Å². The summed E-state index contributed by atoms with van der Waals surface area (Å²) >= 11 is 0. The third-order valence-corrected chi connectivity index (χ3v) is 5.55. The Balaban J connectivity index is 1.33. The van der Waals surface area contributed by atoms with Crippen molar-refractivity contribution in [3.63, 3.8) is 0 Å². The maximum Gasteiger partial charge on any atom is 0.227 e. The molecular weight excluding hydrogens is 369 g/mol. The Hall–Kier alpha value is -2.89. The molecule has 0 aliphatic carbocycles. The quantitative estimate of drug-likeness (QED) is 0.631. The number of piperidine rings is 1. The van der Waals surface area contributed by atoms with Gasteiger partial charge in [-0.2, -0.15) is 0 Å². The first-order valence-corrected chi connectivity index (χ1v) is 10.2. The zero-order valence-corrected chi connectivity index (χ0v) is 16.6. The van der Waals surface area contributed by atoms with E-state index in [-0.39, 0.29) is 17.6 Å². The number of hydrogen-bond acceptors (Lipinski definition) is 3. The Kier molecular flexibility index (Phi) is 5.79. The van der Waals surface area contributed by atoms with E-state index in [1.54, 1.807) is 12.1 Å². The largest absolute Gasteiger partial charge is 0.493 e. The summed E-state index contributed by atoms with van der Waals surface area (Å²) in [6.07, 6.45) is 3.82. The number of amides is 1. The van der Waals surface area contributed by atoms with E-state index in [9.17, 15) is 9.18 Å². The highest BCUT2D eigenvalue weighted by atomic mass is 19.1. The smallest absolute Gasteiger partial charge is 0.227 e. The first kappa shape index (κ1) is 19.4. The summed E-state index contributed by atoms with van der Waals surface area (Å²) in [5.74, 6) is 0.735. The first-order valence-electron chi connectivity index (χ1n) is 10.2. The maximum absolute atomic E-state index is 13.0. The average Bonchev–Trinajstić information content (AvgIpc) is 3.16. The highest BCUT2D eigenvalue weighted by molar-refractivity contribution is 5.79. The van der Waals surface area contributed by atoms with Crippen LogP contribution in [0.1, 0.15) is 19.8 Å². The Bertz CT molecular complexity index is 970. The van der Waals surface area contributed by atoms with E-state index in [2.05, 4.69) is 9.55 Å². The third kappa shape index (κ3) is 4.58. The van der Waals surface area contributed by atoms with Crippen LogP contribution in [0.4, 0.5) is 4.39 Å². The number of nitrogens with zero attached hydrogens (tertiary/aromatic N) is 3. The Morgan fingerprint density at radius 1 is 1.24 bits per heavy atom. The van der Waals surface area contributed by atoms with E-state index in [1.165, 1.54) is 12.1 Å². The number of fused-ring (bicyclic) bond motifs is 1. The van der Waals surface area contributed by atoms with E-state index in [1.807, 2.05) is 42.4 Å². The van der Waals surface area contributed by atoms with Crippen molar-refractivity contribution in [3.05, 3.63) is 60.7 Å². The van der Waals surface area contributed by atoms with Crippen LogP contribution in [0.5, 0.6) is 5.75 Å². The highest BCUT2D eigenvalue weighted by Gasteiger charge is 2.27. The number of benzene rings is 2. The summed E-state index contributed by atoms with van der Waals surface area (Å²) < 4.78 is 20.9. The number of likely N-dealkylation sites (tertiary alicyclic amines) is 1. The lowest BCUT2D eigenvalue weighted by atomic mass is 9.97. The monoisotopic (exact) mass is 395 g/mol. The number of carbonyl (C=O) groups excluding carboxylic acids is 1. The molecule has 2 atom stereocenters. The van der Waals surface area contributed by atoms with Gasteiger partial charge >= 0.3 is 0 Å². The topological polar surface area (TPSA) is 47.4 Å². The molecule has 0 bridgehead atoms. The lowest BCUT2D eigenvalue weighted by Gasteiger charge is -2.34. The highest BCUT2D eigenvalue weighted by Crippen LogP contribution is 2.22. The summed E-state index contributed by atoms with van der Waals surface area (Å²) in [5, 5.41) is 0. The lowest BCUT2D eigenvalue weighted by Crippen LogP contribution is -2.44. The maximum atomic E-state index is 13.0. The minimum absolute atomic E-state index is 0.121. The van der Waals surface area contributed by atoms with Crippen LogP contribution in [-0.2, 0) is 11.3 Å². The first-order chi connectivity index (χ1) is 14.1. The molecule has 1 amide bonds. The molecule has 3 aromatic rings. The Morgan fingerprint density at radius 2 is 2.03 bits per heavy atom. The molecule has 2 heterocycles. The zero-order valence-electron chi connectivity index (χ0n) is 16.6. The van der Waals surface area contributed by atoms with Crippen LogP contribution in [0.15, 0.2) is 54.9 Å². The molecule has 1 aliphatic heterocycles. The van der Waals surface area contributed by atoms with E-state index < -0.39 is 0 Å². The van der Waals surface area contributed by atoms with E-state index in [0.717, 1.165) is 30.4 Å². The van der Waals surface area contributed by atoms with Crippen molar-refractivity contribution < 1.29 is 13.9 Å². The third-order valence-electron chi connectivity index (χ3n) is 5.55. The molecule has 0 N–H and O–H groups in total. The fourth-order valence-electron chi connectivity index (χ4n) is 3.99. The molecule has 0 saturated carbocycles. The van der Waals surface area contributed by atoms with Crippen molar-refractivity contribution >= 4 is 16.9 Å². The molecule has 1 saturated heterocycles. The van der Waals surface area contributed by atoms with Gasteiger partial charge in [0.2, 0.25) is 5.91 Å². The number of halogens is 1. The number of ether oxygens (including phenoxy) is 1. The van der Waals surface area contributed by atoms with Crippen molar-refractivity contribution in [1.29, 1.82) is 0 Å². The minimum Gasteiger partial charge on any atom is -0.493 e. The fraction of sp³-hybridized carbons (Fsp3) is 0.391. The van der Waals surface area contributed by atoms with Crippen LogP contribution in [0.3, 0.4) is 0 Å². The Labute approximate surface area is 170 Å². The van der Waals surface area contributed by atoms with E-state index >= 15 is 0 Å². The normalized spacial score (nSPS) is 18.0. The second-order valence-corrected chi connectivity index (χ2v) is 7.84. The number of imidazole rings is 1. The van der Waals surface area contributed by atoms with Crippen LogP contribution in [-0.4, -0.2) is 40.1 Å². The van der Waals surface area contributed by atoms with Gasteiger partial charge in [-0.1, -0.05) is 19.1 Å². The molecule has 29 heavy (non-hydrogen) atoms. The molecule has 0 spiro atoms. The number of para-hydroxylation sites is 2. The van der Waals surface area contributed by atoms with Gasteiger partial charge in [0, 0.05) is 25.6 Å². The van der Waals surface area contributed by atoms with Gasteiger partial charge in [-0.05, 0) is 49.2 Å². The van der Waals surface area contributed by atoms with Gasteiger partial charge in [-0.15, -0.1) is 0 Å². The van der Waals surface area contributed by atoms with Crippen molar-refractivity contribution in [3.8, 4) is 5.75 Å². The van der Waals surface area contributed by atoms with Crippen LogP contribution in [0.2, 0.25) is 0 Å². The molecule has 0 radical (unpaired) electrons. The SMILES string of the molecule is CC(Cn1cnc2ccccc21)C(=O)N1CCCC(COc2ccc(F)cc2)C1. The molecule has 6 heteroatoms. The number of hydrogen-bond donors (Lipinski definition) is 0.